The minimum absolute atomic E-state index is 0.0582. The summed E-state index contributed by atoms with van der Waals surface area (Å²) >= 11 is 1.67. The fraction of sp³-hybridized carbons (Fsp3) is 0.286. The minimum atomic E-state index is -4.77. The number of anilines is 1. The second kappa shape index (κ2) is 4.39. The van der Waals surface area contributed by atoms with Gasteiger partial charge >= 0.3 is 6.36 Å². The van der Waals surface area contributed by atoms with Gasteiger partial charge in [0.15, 0.2) is 0 Å². The Balaban J connectivity index is 3.05. The topological polar surface area (TPSA) is 74.2 Å². The van der Waals surface area contributed by atoms with Crippen LogP contribution in [0.5, 0.6) is 5.88 Å². The summed E-state index contributed by atoms with van der Waals surface area (Å²) in [5.74, 6) is -0.616. The standard InChI is InChI=1S/C7H7F3IN3O/c8-7(9,10)15-6-4(11)1-3(2-12)5(13)14-6/h1H,2,12H2,(H2,13,14). The first-order valence-corrected chi connectivity index (χ1v) is 4.82. The highest BCUT2D eigenvalue weighted by atomic mass is 127. The predicted molar refractivity (Wildman–Crippen MR) is 55.9 cm³/mol. The Morgan fingerprint density at radius 1 is 1.47 bits per heavy atom. The van der Waals surface area contributed by atoms with Gasteiger partial charge in [-0.25, -0.2) is 0 Å². The molecule has 0 aliphatic carbocycles. The molecule has 0 bridgehead atoms. The molecule has 0 aliphatic heterocycles. The second-order valence-electron chi connectivity index (χ2n) is 2.57. The smallest absolute Gasteiger partial charge is 0.387 e. The lowest BCUT2D eigenvalue weighted by Crippen LogP contribution is -2.19. The van der Waals surface area contributed by atoms with Crippen LogP contribution in [0.2, 0.25) is 0 Å². The van der Waals surface area contributed by atoms with Gasteiger partial charge in [-0.1, -0.05) is 0 Å². The summed E-state index contributed by atoms with van der Waals surface area (Å²) in [4.78, 5) is 3.48. The Hall–Kier alpha value is -0.770. The van der Waals surface area contributed by atoms with E-state index in [4.69, 9.17) is 11.5 Å². The number of nitrogens with two attached hydrogens (primary N) is 2. The van der Waals surface area contributed by atoms with Crippen molar-refractivity contribution in [2.75, 3.05) is 5.73 Å². The van der Waals surface area contributed by atoms with Crippen molar-refractivity contribution in [3.8, 4) is 5.88 Å². The zero-order chi connectivity index (χ0) is 11.6. The third-order valence-electron chi connectivity index (χ3n) is 1.49. The van der Waals surface area contributed by atoms with Crippen LogP contribution in [0.1, 0.15) is 5.56 Å². The van der Waals surface area contributed by atoms with Crippen LogP contribution in [0.25, 0.3) is 0 Å². The van der Waals surface area contributed by atoms with Gasteiger partial charge in [0.2, 0.25) is 5.88 Å². The van der Waals surface area contributed by atoms with Crippen LogP contribution in [0, 0.1) is 3.57 Å². The van der Waals surface area contributed by atoms with Gasteiger partial charge in [0.05, 0.1) is 3.57 Å². The van der Waals surface area contributed by atoms with Gasteiger partial charge in [0, 0.05) is 12.1 Å². The number of nitrogens with zero attached hydrogens (tertiary/aromatic N) is 1. The summed E-state index contributed by atoms with van der Waals surface area (Å²) < 4.78 is 39.6. The first-order valence-electron chi connectivity index (χ1n) is 3.74. The summed E-state index contributed by atoms with van der Waals surface area (Å²) in [5, 5.41) is 0. The van der Waals surface area contributed by atoms with Gasteiger partial charge in [0.25, 0.3) is 0 Å². The van der Waals surface area contributed by atoms with Gasteiger partial charge < -0.3 is 16.2 Å². The lowest BCUT2D eigenvalue weighted by atomic mass is 10.2. The number of halogens is 4. The molecular weight excluding hydrogens is 326 g/mol. The number of hydrogen-bond donors (Lipinski definition) is 2. The summed E-state index contributed by atoms with van der Waals surface area (Å²) in [5.41, 5.74) is 11.2. The number of hydrogen-bond acceptors (Lipinski definition) is 4. The maximum absolute atomic E-state index is 11.9. The molecule has 0 aliphatic rings. The van der Waals surface area contributed by atoms with E-state index < -0.39 is 12.2 Å². The van der Waals surface area contributed by atoms with Crippen LogP contribution in [0.3, 0.4) is 0 Å². The zero-order valence-electron chi connectivity index (χ0n) is 7.31. The van der Waals surface area contributed by atoms with Crippen molar-refractivity contribution in [2.24, 2.45) is 5.73 Å². The summed E-state index contributed by atoms with van der Waals surface area (Å²) in [6, 6.07) is 1.41. The minimum Gasteiger partial charge on any atom is -0.387 e. The molecule has 1 rings (SSSR count). The molecule has 0 saturated heterocycles. The van der Waals surface area contributed by atoms with Gasteiger partial charge in [-0.15, -0.1) is 13.2 Å². The maximum Gasteiger partial charge on any atom is 0.574 e. The van der Waals surface area contributed by atoms with Crippen molar-refractivity contribution in [3.05, 3.63) is 15.2 Å². The molecular formula is C7H7F3IN3O. The van der Waals surface area contributed by atoms with Crippen LogP contribution < -0.4 is 16.2 Å². The third-order valence-corrected chi connectivity index (χ3v) is 2.26. The van der Waals surface area contributed by atoms with Gasteiger partial charge in [0.1, 0.15) is 5.82 Å². The average molecular weight is 333 g/mol. The predicted octanol–water partition coefficient (Wildman–Crippen LogP) is 1.63. The number of ether oxygens (including phenoxy) is 1. The highest BCUT2D eigenvalue weighted by Gasteiger charge is 2.33. The zero-order valence-corrected chi connectivity index (χ0v) is 9.46. The first-order chi connectivity index (χ1) is 6.83. The van der Waals surface area contributed by atoms with Crippen molar-refractivity contribution >= 4 is 28.4 Å². The second-order valence-corrected chi connectivity index (χ2v) is 3.73. The largest absolute Gasteiger partial charge is 0.574 e. The molecule has 0 amide bonds. The van der Waals surface area contributed by atoms with E-state index in [0.717, 1.165) is 0 Å². The number of nitrogen functional groups attached to an aromatic ring is 1. The van der Waals surface area contributed by atoms with E-state index in [1.165, 1.54) is 6.07 Å². The molecule has 0 spiro atoms. The SMILES string of the molecule is NCc1cc(I)c(OC(F)(F)F)nc1N. The van der Waals surface area contributed by atoms with Gasteiger partial charge in [-0.2, -0.15) is 4.98 Å². The number of pyridine rings is 1. The molecule has 15 heavy (non-hydrogen) atoms. The van der Waals surface area contributed by atoms with Crippen LogP contribution in [0.15, 0.2) is 6.07 Å². The van der Waals surface area contributed by atoms with Crippen LogP contribution in [-0.2, 0) is 6.54 Å². The summed E-state index contributed by atoms with van der Waals surface area (Å²) in [7, 11) is 0. The molecule has 1 aromatic heterocycles. The Labute approximate surface area is 96.9 Å². The number of rotatable bonds is 2. The van der Waals surface area contributed by atoms with Crippen molar-refractivity contribution in [1.82, 2.24) is 4.98 Å². The Morgan fingerprint density at radius 3 is 2.53 bits per heavy atom. The highest BCUT2D eigenvalue weighted by molar-refractivity contribution is 14.1. The van der Waals surface area contributed by atoms with E-state index >= 15 is 0 Å². The molecule has 0 fully saturated rings. The van der Waals surface area contributed by atoms with E-state index in [0.29, 0.717) is 5.56 Å². The fourth-order valence-electron chi connectivity index (χ4n) is 0.868. The molecule has 4 N–H and O–H groups in total. The Bertz CT molecular complexity index is 369. The number of alkyl halides is 3. The molecule has 0 unspecified atom stereocenters. The van der Waals surface area contributed by atoms with Crippen LogP contribution in [-0.4, -0.2) is 11.3 Å². The molecule has 0 radical (unpaired) electrons. The van der Waals surface area contributed by atoms with E-state index in [1.54, 1.807) is 22.6 Å². The maximum atomic E-state index is 11.9. The van der Waals surface area contributed by atoms with Gasteiger partial charge in [-0.05, 0) is 28.7 Å². The fourth-order valence-corrected chi connectivity index (χ4v) is 1.47. The Kier molecular flexibility index (Phi) is 3.60. The molecule has 1 heterocycles. The third kappa shape index (κ3) is 3.38. The molecule has 8 heteroatoms. The molecule has 0 aromatic carbocycles. The normalized spacial score (nSPS) is 11.5. The van der Waals surface area contributed by atoms with Crippen molar-refractivity contribution < 1.29 is 17.9 Å². The first kappa shape index (κ1) is 12.3. The lowest BCUT2D eigenvalue weighted by molar-refractivity contribution is -0.276. The van der Waals surface area contributed by atoms with Gasteiger partial charge in [-0.3, -0.25) is 0 Å². The summed E-state index contributed by atoms with van der Waals surface area (Å²) in [6.45, 7) is 0.112. The quantitative estimate of drug-likeness (QED) is 0.807. The van der Waals surface area contributed by atoms with Crippen LogP contribution in [0.4, 0.5) is 19.0 Å². The molecule has 84 valence electrons. The van der Waals surface area contributed by atoms with E-state index in [-0.39, 0.29) is 15.9 Å². The highest BCUT2D eigenvalue weighted by Crippen LogP contribution is 2.28. The van der Waals surface area contributed by atoms with E-state index in [2.05, 4.69) is 9.72 Å². The van der Waals surface area contributed by atoms with Crippen LogP contribution >= 0.6 is 22.6 Å². The summed E-state index contributed by atoms with van der Waals surface area (Å²) in [6.07, 6.45) is -4.77. The lowest BCUT2D eigenvalue weighted by Gasteiger charge is -2.11. The monoisotopic (exact) mass is 333 g/mol. The van der Waals surface area contributed by atoms with E-state index in [9.17, 15) is 13.2 Å². The molecule has 0 atom stereocenters. The van der Waals surface area contributed by atoms with Crippen molar-refractivity contribution in [3.63, 3.8) is 0 Å². The Morgan fingerprint density at radius 2 is 2.07 bits per heavy atom. The molecule has 4 nitrogen and oxygen atoms in total. The average Bonchev–Trinajstić information content (AvgIpc) is 2.08. The molecule has 1 aromatic rings. The van der Waals surface area contributed by atoms with Crippen molar-refractivity contribution in [1.29, 1.82) is 0 Å². The van der Waals surface area contributed by atoms with Crippen molar-refractivity contribution in [2.45, 2.75) is 12.9 Å². The number of aromatic nitrogens is 1. The molecule has 0 saturated carbocycles. The van der Waals surface area contributed by atoms with E-state index in [1.807, 2.05) is 0 Å².